The fourth-order valence-corrected chi connectivity index (χ4v) is 6.44. The Morgan fingerprint density at radius 1 is 1.18 bits per heavy atom. The Morgan fingerprint density at radius 2 is 1.89 bits per heavy atom. The lowest BCUT2D eigenvalue weighted by molar-refractivity contribution is -0.146. The molecule has 1 aliphatic rings. The van der Waals surface area contributed by atoms with Crippen molar-refractivity contribution in [2.75, 3.05) is 18.5 Å². The maximum Gasteiger partial charge on any atom is 0.459 e. The van der Waals surface area contributed by atoms with Gasteiger partial charge in [0.05, 0.1) is 18.9 Å². The van der Waals surface area contributed by atoms with Gasteiger partial charge < -0.3 is 29.5 Å². The lowest BCUT2D eigenvalue weighted by Crippen LogP contribution is -2.41. The van der Waals surface area contributed by atoms with Crippen molar-refractivity contribution < 1.29 is 38.1 Å². The molecule has 1 saturated heterocycles. The van der Waals surface area contributed by atoms with Crippen molar-refractivity contribution in [3.63, 3.8) is 0 Å². The molecule has 0 aliphatic carbocycles. The van der Waals surface area contributed by atoms with Crippen molar-refractivity contribution in [2.24, 2.45) is 5.92 Å². The fraction of sp³-hybridized carbons (Fsp3) is 0.533. The van der Waals surface area contributed by atoms with Crippen LogP contribution in [0.2, 0.25) is 0 Å². The monoisotopic (exact) mass is 644 g/mol. The Labute approximate surface area is 262 Å². The third-order valence-electron chi connectivity index (χ3n) is 7.58. The average molecular weight is 645 g/mol. The SMILES string of the molecule is CCC(CC)COC(=O)[C@H](C)NP(=O)(OC[C@H]1O[C@@](C#N)(c2ccc3c(NC(C)C)ncnn23)[C@H](O)[C@@H]1O)Oc1ccccc1. The number of para-hydroxylation sites is 1. The van der Waals surface area contributed by atoms with E-state index in [9.17, 15) is 24.8 Å². The molecule has 1 aliphatic heterocycles. The number of aliphatic hydroxyl groups is 2. The Kier molecular flexibility index (Phi) is 11.2. The van der Waals surface area contributed by atoms with Crippen molar-refractivity contribution in [3.05, 3.63) is 54.5 Å². The molecular formula is C30H41N6O8P. The number of esters is 1. The smallest absolute Gasteiger partial charge is 0.459 e. The molecule has 15 heteroatoms. The Morgan fingerprint density at radius 3 is 2.53 bits per heavy atom. The first-order valence-corrected chi connectivity index (χ1v) is 16.5. The summed E-state index contributed by atoms with van der Waals surface area (Å²) in [5.74, 6) is 0.243. The molecule has 0 radical (unpaired) electrons. The van der Waals surface area contributed by atoms with Crippen molar-refractivity contribution in [1.82, 2.24) is 19.7 Å². The summed E-state index contributed by atoms with van der Waals surface area (Å²) < 4.78 is 38.2. The lowest BCUT2D eigenvalue weighted by atomic mass is 9.92. The molecule has 1 fully saturated rings. The van der Waals surface area contributed by atoms with Gasteiger partial charge in [-0.3, -0.25) is 9.32 Å². The quantitative estimate of drug-likeness (QED) is 0.139. The first kappa shape index (κ1) is 34.3. The number of nitrogens with zero attached hydrogens (tertiary/aromatic N) is 4. The minimum atomic E-state index is -4.32. The molecule has 14 nitrogen and oxygen atoms in total. The van der Waals surface area contributed by atoms with Gasteiger partial charge in [0.15, 0.2) is 5.82 Å². The van der Waals surface area contributed by atoms with Gasteiger partial charge in [-0.25, -0.2) is 14.1 Å². The summed E-state index contributed by atoms with van der Waals surface area (Å²) in [6.07, 6.45) is -1.71. The van der Waals surface area contributed by atoms with Crippen molar-refractivity contribution in [1.29, 1.82) is 5.26 Å². The Bertz CT molecular complexity index is 1530. The van der Waals surface area contributed by atoms with E-state index in [-0.39, 0.29) is 30.0 Å². The molecule has 0 bridgehead atoms. The highest BCUT2D eigenvalue weighted by molar-refractivity contribution is 7.52. The van der Waals surface area contributed by atoms with Crippen LogP contribution in [0.1, 0.15) is 53.2 Å². The van der Waals surface area contributed by atoms with Crippen molar-refractivity contribution in [3.8, 4) is 11.8 Å². The van der Waals surface area contributed by atoms with Crippen molar-refractivity contribution >= 4 is 25.1 Å². The van der Waals surface area contributed by atoms with E-state index in [0.29, 0.717) is 11.3 Å². The first-order valence-electron chi connectivity index (χ1n) is 15.0. The van der Waals surface area contributed by atoms with Gasteiger partial charge in [0.2, 0.25) is 5.60 Å². The van der Waals surface area contributed by atoms with E-state index in [1.165, 1.54) is 17.8 Å². The molecule has 4 rings (SSSR count). The molecule has 3 heterocycles. The van der Waals surface area contributed by atoms with Gasteiger partial charge in [-0.15, -0.1) is 0 Å². The predicted octanol–water partition coefficient (Wildman–Crippen LogP) is 3.55. The van der Waals surface area contributed by atoms with Crippen LogP contribution < -0.4 is 14.9 Å². The van der Waals surface area contributed by atoms with Crippen LogP contribution in [0.5, 0.6) is 5.75 Å². The molecule has 1 unspecified atom stereocenters. The molecule has 244 valence electrons. The Hall–Kier alpha value is -3.57. The number of nitriles is 1. The summed E-state index contributed by atoms with van der Waals surface area (Å²) in [6, 6.07) is 12.4. The second-order valence-electron chi connectivity index (χ2n) is 11.2. The van der Waals surface area contributed by atoms with Gasteiger partial charge in [0.25, 0.3) is 0 Å². The number of hydrogen-bond donors (Lipinski definition) is 4. The predicted molar refractivity (Wildman–Crippen MR) is 164 cm³/mol. The number of ether oxygens (including phenoxy) is 2. The van der Waals surface area contributed by atoms with E-state index in [2.05, 4.69) is 20.5 Å². The van der Waals surface area contributed by atoms with Crippen LogP contribution in [-0.2, 0) is 29.0 Å². The number of hydrogen-bond acceptors (Lipinski definition) is 12. The van der Waals surface area contributed by atoms with Gasteiger partial charge in [-0.1, -0.05) is 44.9 Å². The number of benzene rings is 1. The summed E-state index contributed by atoms with van der Waals surface area (Å²) in [6.45, 7) is 9.00. The van der Waals surface area contributed by atoms with Gasteiger partial charge in [-0.2, -0.15) is 15.4 Å². The molecule has 6 atom stereocenters. The maximum atomic E-state index is 14.0. The van der Waals surface area contributed by atoms with Crippen LogP contribution in [0.25, 0.3) is 5.52 Å². The third-order valence-corrected chi connectivity index (χ3v) is 9.22. The third kappa shape index (κ3) is 7.64. The van der Waals surface area contributed by atoms with Gasteiger partial charge in [-0.05, 0) is 51.0 Å². The number of rotatable bonds is 15. The summed E-state index contributed by atoms with van der Waals surface area (Å²) >= 11 is 0. The molecule has 4 N–H and O–H groups in total. The molecule has 0 amide bonds. The van der Waals surface area contributed by atoms with Crippen LogP contribution in [0.3, 0.4) is 0 Å². The lowest BCUT2D eigenvalue weighted by Gasteiger charge is -2.25. The zero-order valence-corrected chi connectivity index (χ0v) is 26.9. The zero-order chi connectivity index (χ0) is 32.8. The largest absolute Gasteiger partial charge is 0.464 e. The van der Waals surface area contributed by atoms with Crippen LogP contribution in [-0.4, -0.2) is 74.4 Å². The minimum absolute atomic E-state index is 0.0558. The average Bonchev–Trinajstić information content (AvgIpc) is 3.56. The standard InChI is InChI=1S/C30H41N6O8P/c1-6-21(7-2)15-41-29(39)20(5)35-45(40,44-22-11-9-8-10-12-22)42-16-24-26(37)27(38)30(17-31,43-24)25-14-13-23-28(34-19(3)4)32-18-33-36(23)25/h8-14,18-21,24,26-27,37-38H,6-7,15-16H2,1-5H3,(H,35,40)(H,32,33,34)/t20-,24+,26+,27+,30-,45?/m0/s1. The topological polar surface area (TPSA) is 190 Å². The number of aliphatic hydroxyl groups excluding tert-OH is 2. The van der Waals surface area contributed by atoms with Crippen LogP contribution in [0.15, 0.2) is 48.8 Å². The summed E-state index contributed by atoms with van der Waals surface area (Å²) in [4.78, 5) is 17.0. The minimum Gasteiger partial charge on any atom is -0.464 e. The Balaban J connectivity index is 1.55. The van der Waals surface area contributed by atoms with Gasteiger partial charge >= 0.3 is 13.7 Å². The van der Waals surface area contributed by atoms with E-state index in [0.717, 1.165) is 12.8 Å². The van der Waals surface area contributed by atoms with E-state index >= 15 is 0 Å². The van der Waals surface area contributed by atoms with E-state index in [1.54, 1.807) is 42.5 Å². The second-order valence-corrected chi connectivity index (χ2v) is 12.9. The van der Waals surface area contributed by atoms with Gasteiger partial charge in [0, 0.05) is 6.04 Å². The number of carbonyl (C=O) groups excluding carboxylic acids is 1. The highest BCUT2D eigenvalue weighted by Gasteiger charge is 2.58. The van der Waals surface area contributed by atoms with Crippen molar-refractivity contribution in [2.45, 2.75) is 83.5 Å². The normalized spacial score (nSPS) is 23.5. The fourth-order valence-electron chi connectivity index (χ4n) is 4.94. The zero-order valence-electron chi connectivity index (χ0n) is 26.0. The van der Waals surface area contributed by atoms with Gasteiger partial charge in [0.1, 0.15) is 48.0 Å². The highest BCUT2D eigenvalue weighted by Crippen LogP contribution is 2.47. The molecular weight excluding hydrogens is 603 g/mol. The number of carbonyl (C=O) groups is 1. The molecule has 0 saturated carbocycles. The highest BCUT2D eigenvalue weighted by atomic mass is 31.2. The van der Waals surface area contributed by atoms with Crippen LogP contribution in [0.4, 0.5) is 5.82 Å². The van der Waals surface area contributed by atoms with E-state index in [4.69, 9.17) is 18.5 Å². The number of nitrogens with one attached hydrogen (secondary N) is 2. The first-order chi connectivity index (χ1) is 21.5. The number of aromatic nitrogens is 3. The molecule has 2 aromatic heterocycles. The second kappa shape index (κ2) is 14.7. The molecule has 45 heavy (non-hydrogen) atoms. The molecule has 1 aromatic carbocycles. The summed E-state index contributed by atoms with van der Waals surface area (Å²) in [5, 5.41) is 42.5. The number of fused-ring (bicyclic) bond motifs is 1. The van der Waals surface area contributed by atoms with E-state index < -0.39 is 50.3 Å². The van der Waals surface area contributed by atoms with Crippen LogP contribution >= 0.6 is 7.75 Å². The maximum absolute atomic E-state index is 14.0. The van der Waals surface area contributed by atoms with E-state index in [1.807, 2.05) is 33.8 Å². The molecule has 3 aromatic rings. The molecule has 0 spiro atoms. The number of anilines is 1. The van der Waals surface area contributed by atoms with Crippen LogP contribution in [0, 0.1) is 17.2 Å². The summed E-state index contributed by atoms with van der Waals surface area (Å²) in [7, 11) is -4.32. The summed E-state index contributed by atoms with van der Waals surface area (Å²) in [5.41, 5.74) is -1.39.